The molecule has 0 spiro atoms. The summed E-state index contributed by atoms with van der Waals surface area (Å²) in [6, 6.07) is 0.0822. The molecule has 0 aromatic carbocycles. The number of nitrogens with zero attached hydrogens (tertiary/aromatic N) is 2. The number of halogens is 1. The molecule has 140 valence electrons. The summed E-state index contributed by atoms with van der Waals surface area (Å²) in [5.41, 5.74) is 0. The predicted octanol–water partition coefficient (Wildman–Crippen LogP) is 0.712. The van der Waals surface area contributed by atoms with Crippen LogP contribution in [0, 0.1) is 0 Å². The molecule has 0 aliphatic carbocycles. The quantitative estimate of drug-likeness (QED) is 0.577. The number of hydrogen-bond acceptors (Lipinski definition) is 5. The number of ether oxygens (including phenoxy) is 2. The molecule has 1 rings (SSSR count). The molecule has 0 aromatic heterocycles. The molecule has 0 atom stereocenters. The van der Waals surface area contributed by atoms with Gasteiger partial charge in [-0.3, -0.25) is 0 Å². The normalized spacial score (nSPS) is 16.7. The highest BCUT2D eigenvalue weighted by Gasteiger charge is 2.34. The summed E-state index contributed by atoms with van der Waals surface area (Å²) in [7, 11) is -0.328. The van der Waals surface area contributed by atoms with Crippen molar-refractivity contribution in [1.29, 1.82) is 0 Å². The highest BCUT2D eigenvalue weighted by atomic mass is 35.5. The van der Waals surface area contributed by atoms with Crippen molar-refractivity contribution in [3.8, 4) is 0 Å². The van der Waals surface area contributed by atoms with Crippen LogP contribution in [0.3, 0.4) is 0 Å². The van der Waals surface area contributed by atoms with Gasteiger partial charge in [0.25, 0.3) is 10.2 Å². The molecular weight excluding hydrogens is 342 g/mol. The Kier molecular flexibility index (Phi) is 12.4. The summed E-state index contributed by atoms with van der Waals surface area (Å²) >= 11 is 0. The minimum absolute atomic E-state index is 0. The lowest BCUT2D eigenvalue weighted by Gasteiger charge is -2.37. The van der Waals surface area contributed by atoms with Crippen LogP contribution < -0.4 is 5.32 Å². The minimum Gasteiger partial charge on any atom is -0.383 e. The summed E-state index contributed by atoms with van der Waals surface area (Å²) in [4.78, 5) is 0. The number of piperidine rings is 1. The maximum absolute atomic E-state index is 13.1. The molecule has 7 nitrogen and oxygen atoms in total. The molecule has 1 saturated heterocycles. The molecule has 0 bridgehead atoms. The highest BCUT2D eigenvalue weighted by Crippen LogP contribution is 2.19. The lowest BCUT2D eigenvalue weighted by Crippen LogP contribution is -2.53. The molecule has 0 radical (unpaired) electrons. The SMILES string of the molecule is CCCN(C1CCNCC1)S(=O)(=O)N(CCOC)CCOC.Cl. The third-order valence-corrected chi connectivity index (χ3v) is 5.96. The van der Waals surface area contributed by atoms with Crippen LogP contribution in [0.1, 0.15) is 26.2 Å². The fraction of sp³-hybridized carbons (Fsp3) is 1.00. The summed E-state index contributed by atoms with van der Waals surface area (Å²) in [6.07, 6.45) is 2.54. The van der Waals surface area contributed by atoms with E-state index >= 15 is 0 Å². The lowest BCUT2D eigenvalue weighted by molar-refractivity contribution is 0.143. The zero-order chi connectivity index (χ0) is 16.4. The zero-order valence-electron chi connectivity index (χ0n) is 14.5. The van der Waals surface area contributed by atoms with E-state index in [1.165, 1.54) is 4.31 Å². The van der Waals surface area contributed by atoms with Gasteiger partial charge in [-0.15, -0.1) is 12.4 Å². The van der Waals surface area contributed by atoms with Crippen molar-refractivity contribution >= 4 is 22.6 Å². The van der Waals surface area contributed by atoms with Gasteiger partial charge in [0.05, 0.1) is 13.2 Å². The van der Waals surface area contributed by atoms with E-state index in [9.17, 15) is 8.42 Å². The minimum atomic E-state index is -3.49. The van der Waals surface area contributed by atoms with E-state index in [1.807, 2.05) is 6.92 Å². The first-order chi connectivity index (χ1) is 10.6. The van der Waals surface area contributed by atoms with Crippen LogP contribution in [0.15, 0.2) is 0 Å². The van der Waals surface area contributed by atoms with E-state index < -0.39 is 10.2 Å². The van der Waals surface area contributed by atoms with Crippen LogP contribution in [0.5, 0.6) is 0 Å². The van der Waals surface area contributed by atoms with Gasteiger partial charge in [0.15, 0.2) is 0 Å². The summed E-state index contributed by atoms with van der Waals surface area (Å²) in [5.74, 6) is 0. The van der Waals surface area contributed by atoms with E-state index in [1.54, 1.807) is 18.5 Å². The molecule has 1 fully saturated rings. The fourth-order valence-electron chi connectivity index (χ4n) is 2.68. The van der Waals surface area contributed by atoms with Gasteiger partial charge in [-0.2, -0.15) is 17.0 Å². The largest absolute Gasteiger partial charge is 0.383 e. The third-order valence-electron chi connectivity index (χ3n) is 3.87. The van der Waals surface area contributed by atoms with E-state index in [-0.39, 0.29) is 18.4 Å². The number of hydrogen-bond donors (Lipinski definition) is 1. The first-order valence-electron chi connectivity index (χ1n) is 8.03. The van der Waals surface area contributed by atoms with Gasteiger partial charge in [0.1, 0.15) is 0 Å². The molecule has 0 unspecified atom stereocenters. The van der Waals surface area contributed by atoms with Crippen molar-refractivity contribution in [2.24, 2.45) is 0 Å². The molecule has 1 aliphatic heterocycles. The van der Waals surface area contributed by atoms with Crippen LogP contribution in [0.25, 0.3) is 0 Å². The van der Waals surface area contributed by atoms with E-state index in [4.69, 9.17) is 9.47 Å². The van der Waals surface area contributed by atoms with Crippen LogP contribution >= 0.6 is 12.4 Å². The second-order valence-corrected chi connectivity index (χ2v) is 7.37. The standard InChI is InChI=1S/C14H31N3O4S.ClH/c1-4-9-17(14-5-7-15-8-6-14)22(18,19)16(10-12-20-2)11-13-21-3;/h14-15H,4-13H2,1-3H3;1H. The van der Waals surface area contributed by atoms with Gasteiger partial charge in [0.2, 0.25) is 0 Å². The number of methoxy groups -OCH3 is 2. The number of rotatable bonds is 11. The molecule has 0 aromatic rings. The Morgan fingerprint density at radius 3 is 2.00 bits per heavy atom. The average Bonchev–Trinajstić information content (AvgIpc) is 2.53. The Morgan fingerprint density at radius 2 is 1.57 bits per heavy atom. The second kappa shape index (κ2) is 12.4. The summed E-state index contributed by atoms with van der Waals surface area (Å²) in [5, 5.41) is 3.29. The number of nitrogens with one attached hydrogen (secondary N) is 1. The molecular formula is C14H32ClN3O4S. The van der Waals surface area contributed by atoms with Crippen molar-refractivity contribution < 1.29 is 17.9 Å². The van der Waals surface area contributed by atoms with Crippen LogP contribution in [-0.2, 0) is 19.7 Å². The molecule has 1 N–H and O–H groups in total. The van der Waals surface area contributed by atoms with Gasteiger partial charge in [0, 0.05) is 39.9 Å². The van der Waals surface area contributed by atoms with Gasteiger partial charge in [-0.05, 0) is 32.4 Å². The van der Waals surface area contributed by atoms with Crippen molar-refractivity contribution in [2.45, 2.75) is 32.2 Å². The van der Waals surface area contributed by atoms with Crippen molar-refractivity contribution in [1.82, 2.24) is 13.9 Å². The topological polar surface area (TPSA) is 71.1 Å². The Bertz CT molecular complexity index is 383. The van der Waals surface area contributed by atoms with Crippen LogP contribution in [0.2, 0.25) is 0 Å². The van der Waals surface area contributed by atoms with E-state index in [0.29, 0.717) is 32.8 Å². The van der Waals surface area contributed by atoms with Gasteiger partial charge in [-0.25, -0.2) is 0 Å². The molecule has 1 aliphatic rings. The first-order valence-corrected chi connectivity index (χ1v) is 9.43. The van der Waals surface area contributed by atoms with E-state index in [0.717, 1.165) is 32.4 Å². The molecule has 1 heterocycles. The average molecular weight is 374 g/mol. The predicted molar refractivity (Wildman–Crippen MR) is 94.4 cm³/mol. The zero-order valence-corrected chi connectivity index (χ0v) is 16.1. The van der Waals surface area contributed by atoms with E-state index in [2.05, 4.69) is 5.32 Å². The van der Waals surface area contributed by atoms with Crippen molar-refractivity contribution in [3.05, 3.63) is 0 Å². The van der Waals surface area contributed by atoms with Crippen LogP contribution in [-0.4, -0.2) is 83.2 Å². The van der Waals surface area contributed by atoms with Crippen LogP contribution in [0.4, 0.5) is 0 Å². The Labute approximate surface area is 147 Å². The Hall–Kier alpha value is 0.0400. The Balaban J connectivity index is 0.00000484. The molecule has 9 heteroatoms. The highest BCUT2D eigenvalue weighted by molar-refractivity contribution is 7.86. The van der Waals surface area contributed by atoms with Gasteiger partial charge < -0.3 is 14.8 Å². The van der Waals surface area contributed by atoms with Gasteiger partial charge >= 0.3 is 0 Å². The fourth-order valence-corrected chi connectivity index (χ4v) is 4.59. The molecule has 0 saturated carbocycles. The Morgan fingerprint density at radius 1 is 1.04 bits per heavy atom. The maximum atomic E-state index is 13.1. The lowest BCUT2D eigenvalue weighted by atomic mass is 10.1. The van der Waals surface area contributed by atoms with Gasteiger partial charge in [-0.1, -0.05) is 6.92 Å². The smallest absolute Gasteiger partial charge is 0.282 e. The van der Waals surface area contributed by atoms with Crippen molar-refractivity contribution in [3.63, 3.8) is 0 Å². The van der Waals surface area contributed by atoms with Crippen molar-refractivity contribution in [2.75, 3.05) is 60.2 Å². The summed E-state index contributed by atoms with van der Waals surface area (Å²) in [6.45, 7) is 5.79. The maximum Gasteiger partial charge on any atom is 0.282 e. The monoisotopic (exact) mass is 373 g/mol. The first kappa shape index (κ1) is 23.0. The molecule has 23 heavy (non-hydrogen) atoms. The summed E-state index contributed by atoms with van der Waals surface area (Å²) < 4.78 is 39.4. The molecule has 0 amide bonds. The second-order valence-electron chi connectivity index (χ2n) is 5.48. The third kappa shape index (κ3) is 7.21.